The van der Waals surface area contributed by atoms with Crippen molar-refractivity contribution in [2.45, 2.75) is 78.0 Å². The molecule has 32 heavy (non-hydrogen) atoms. The maximum absolute atomic E-state index is 13.4. The van der Waals surface area contributed by atoms with Gasteiger partial charge in [0, 0.05) is 49.6 Å². The number of rotatable bonds is 3. The van der Waals surface area contributed by atoms with Crippen molar-refractivity contribution >= 4 is 17.7 Å². The molecule has 0 amide bonds. The van der Waals surface area contributed by atoms with Crippen molar-refractivity contribution in [3.05, 3.63) is 12.2 Å². The van der Waals surface area contributed by atoms with Crippen molar-refractivity contribution in [3.8, 4) is 0 Å². The van der Waals surface area contributed by atoms with E-state index >= 15 is 0 Å². The predicted molar refractivity (Wildman–Crippen MR) is 116 cm³/mol. The molecule has 7 bridgehead atoms. The average molecular weight is 442 g/mol. The summed E-state index contributed by atoms with van der Waals surface area (Å²) in [7, 11) is 0. The van der Waals surface area contributed by atoms with Crippen LogP contribution in [0.3, 0.4) is 0 Å². The highest BCUT2D eigenvalue weighted by atomic mass is 16.5. The van der Waals surface area contributed by atoms with Gasteiger partial charge in [-0.05, 0) is 61.0 Å². The number of Topliss-reactive ketones (excluding diaryl/α,β-unsaturated/α-hetero) is 1. The van der Waals surface area contributed by atoms with Gasteiger partial charge in [0.1, 0.15) is 18.0 Å². The lowest BCUT2D eigenvalue weighted by Crippen LogP contribution is -2.69. The molecule has 6 aliphatic rings. The van der Waals surface area contributed by atoms with E-state index in [4.69, 9.17) is 9.47 Å². The van der Waals surface area contributed by atoms with Gasteiger partial charge in [0.25, 0.3) is 0 Å². The second kappa shape index (κ2) is 6.25. The average Bonchev–Trinajstić information content (AvgIpc) is 3.24. The lowest BCUT2D eigenvalue weighted by atomic mass is 9.43. The summed E-state index contributed by atoms with van der Waals surface area (Å²) in [5.74, 6) is 0.322. The highest BCUT2D eigenvalue weighted by molar-refractivity contribution is 5.87. The molecular weight excluding hydrogens is 406 g/mol. The monoisotopic (exact) mass is 441 g/mol. The lowest BCUT2D eigenvalue weighted by Gasteiger charge is -2.65. The molecule has 10 atom stereocenters. The zero-order valence-corrected chi connectivity index (χ0v) is 19.7. The number of ketones is 1. The summed E-state index contributed by atoms with van der Waals surface area (Å²) < 4.78 is 12.2. The zero-order valence-electron chi connectivity index (χ0n) is 19.7. The van der Waals surface area contributed by atoms with Crippen molar-refractivity contribution < 1.29 is 23.9 Å². The van der Waals surface area contributed by atoms with Gasteiger partial charge in [-0.3, -0.25) is 19.3 Å². The van der Waals surface area contributed by atoms with Crippen molar-refractivity contribution in [2.24, 2.45) is 39.9 Å². The molecular formula is C26H35NO5. The summed E-state index contributed by atoms with van der Waals surface area (Å²) in [5, 5.41) is 0. The van der Waals surface area contributed by atoms with E-state index in [9.17, 15) is 14.4 Å². The third-order valence-electron chi connectivity index (χ3n) is 10.9. The first kappa shape index (κ1) is 20.9. The van der Waals surface area contributed by atoms with Gasteiger partial charge in [-0.25, -0.2) is 0 Å². The molecule has 6 heteroatoms. The van der Waals surface area contributed by atoms with Crippen LogP contribution in [-0.4, -0.2) is 54.0 Å². The summed E-state index contributed by atoms with van der Waals surface area (Å²) in [5.41, 5.74) is 0.446. The Balaban J connectivity index is 1.59. The molecule has 1 saturated heterocycles. The first-order valence-corrected chi connectivity index (χ1v) is 12.4. The van der Waals surface area contributed by atoms with Gasteiger partial charge in [0.2, 0.25) is 0 Å². The number of esters is 2. The number of carbonyl (C=O) groups excluding carboxylic acids is 3. The Morgan fingerprint density at radius 1 is 1.19 bits per heavy atom. The Kier molecular flexibility index (Phi) is 4.08. The Morgan fingerprint density at radius 3 is 2.56 bits per heavy atom. The summed E-state index contributed by atoms with van der Waals surface area (Å²) >= 11 is 0. The number of fused-ring (bicyclic) bond motifs is 1. The molecule has 6 rings (SSSR count). The SMILES string of the molecule is C=C1[C@@H]2C[C@]3([C@@H]1OC(C)=O)[C@H]1C[C@@H]4[C@@]5(C)CC[C@H](OC(C)=O)[C@@]4([C@@H]1N(CC)C5)[C@H]3CC2=O. The molecule has 174 valence electrons. The molecule has 0 aromatic heterocycles. The topological polar surface area (TPSA) is 72.9 Å². The number of ether oxygens (including phenoxy) is 2. The molecule has 0 N–H and O–H groups in total. The van der Waals surface area contributed by atoms with Gasteiger partial charge in [0.05, 0.1) is 0 Å². The smallest absolute Gasteiger partial charge is 0.303 e. The van der Waals surface area contributed by atoms with Gasteiger partial charge >= 0.3 is 11.9 Å². The second-order valence-electron chi connectivity index (χ2n) is 11.8. The van der Waals surface area contributed by atoms with Crippen LogP contribution in [0, 0.1) is 39.9 Å². The fourth-order valence-electron chi connectivity index (χ4n) is 10.4. The van der Waals surface area contributed by atoms with E-state index in [0.29, 0.717) is 18.3 Å². The third kappa shape index (κ3) is 2.10. The van der Waals surface area contributed by atoms with E-state index < -0.39 is 6.10 Å². The van der Waals surface area contributed by atoms with E-state index in [1.54, 1.807) is 0 Å². The lowest BCUT2D eigenvalue weighted by molar-refractivity contribution is -0.224. The van der Waals surface area contributed by atoms with E-state index in [1.807, 2.05) is 0 Å². The fourth-order valence-corrected chi connectivity index (χ4v) is 10.4. The number of hydrogen-bond donors (Lipinski definition) is 0. The van der Waals surface area contributed by atoms with Gasteiger partial charge in [0.15, 0.2) is 0 Å². The molecule has 0 aromatic carbocycles. The first-order valence-electron chi connectivity index (χ1n) is 12.4. The van der Waals surface area contributed by atoms with E-state index in [2.05, 4.69) is 25.3 Å². The Hall–Kier alpha value is -1.69. The first-order chi connectivity index (χ1) is 15.1. The van der Waals surface area contributed by atoms with Crippen molar-refractivity contribution in [3.63, 3.8) is 0 Å². The molecule has 0 aromatic rings. The van der Waals surface area contributed by atoms with Crippen molar-refractivity contribution in [1.29, 1.82) is 0 Å². The van der Waals surface area contributed by atoms with Crippen molar-refractivity contribution in [2.75, 3.05) is 13.1 Å². The van der Waals surface area contributed by atoms with Crippen molar-refractivity contribution in [1.82, 2.24) is 4.90 Å². The number of likely N-dealkylation sites (tertiary alicyclic amines) is 1. The zero-order chi connectivity index (χ0) is 22.8. The second-order valence-corrected chi connectivity index (χ2v) is 11.8. The number of carbonyl (C=O) groups is 3. The molecule has 1 heterocycles. The summed E-state index contributed by atoms with van der Waals surface area (Å²) in [6.07, 6.45) is 3.62. The van der Waals surface area contributed by atoms with Crippen LogP contribution in [0.2, 0.25) is 0 Å². The standard InChI is InChI=1S/C26H35NO5/c1-6-27-12-24(5)8-7-21(31-14(3)28)26-19(24)9-17(22(26)27)25-11-16(18(30)10-20(25)26)13(2)23(25)32-15(4)29/h16-17,19-23H,2,6-12H2,1,3-5H3/t16-,17-,19+,20-,21-,22+,23+,24-,25-,26-/m0/s1. The number of nitrogens with zero attached hydrogens (tertiary/aromatic N) is 1. The van der Waals surface area contributed by atoms with Crippen LogP contribution in [0.25, 0.3) is 0 Å². The van der Waals surface area contributed by atoms with Crippen LogP contribution in [0.15, 0.2) is 12.2 Å². The van der Waals surface area contributed by atoms with E-state index in [-0.39, 0.29) is 57.9 Å². The fraction of sp³-hybridized carbons (Fsp3) is 0.808. The Labute approximate surface area is 190 Å². The van der Waals surface area contributed by atoms with Crippen LogP contribution in [0.5, 0.6) is 0 Å². The largest absolute Gasteiger partial charge is 0.462 e. The number of piperidine rings is 1. The van der Waals surface area contributed by atoms with Crippen LogP contribution < -0.4 is 0 Å². The molecule has 5 saturated carbocycles. The minimum atomic E-state index is -0.405. The van der Waals surface area contributed by atoms with Gasteiger partial charge in [-0.15, -0.1) is 0 Å². The molecule has 1 aliphatic heterocycles. The molecule has 0 radical (unpaired) electrons. The molecule has 0 unspecified atom stereocenters. The van der Waals surface area contributed by atoms with E-state index in [1.165, 1.54) is 13.8 Å². The van der Waals surface area contributed by atoms with Crippen LogP contribution in [0.4, 0.5) is 0 Å². The predicted octanol–water partition coefficient (Wildman–Crippen LogP) is 3.14. The molecule has 6 fully saturated rings. The Bertz CT molecular complexity index is 945. The van der Waals surface area contributed by atoms with Crippen LogP contribution in [-0.2, 0) is 23.9 Å². The maximum atomic E-state index is 13.4. The summed E-state index contributed by atoms with van der Waals surface area (Å²) in [6.45, 7) is 13.9. The van der Waals surface area contributed by atoms with Gasteiger partial charge in [-0.2, -0.15) is 0 Å². The highest BCUT2D eigenvalue weighted by Crippen LogP contribution is 2.83. The minimum Gasteiger partial charge on any atom is -0.462 e. The highest BCUT2D eigenvalue weighted by Gasteiger charge is 2.86. The molecule has 5 aliphatic carbocycles. The normalized spacial score (nSPS) is 52.7. The van der Waals surface area contributed by atoms with Gasteiger partial charge in [-0.1, -0.05) is 20.4 Å². The van der Waals surface area contributed by atoms with Crippen LogP contribution in [0.1, 0.15) is 59.8 Å². The van der Waals surface area contributed by atoms with Crippen LogP contribution >= 0.6 is 0 Å². The Morgan fingerprint density at radius 2 is 1.91 bits per heavy atom. The number of hydrogen-bond acceptors (Lipinski definition) is 6. The van der Waals surface area contributed by atoms with E-state index in [0.717, 1.165) is 44.3 Å². The molecule has 6 nitrogen and oxygen atoms in total. The minimum absolute atomic E-state index is 0.0643. The van der Waals surface area contributed by atoms with Gasteiger partial charge < -0.3 is 9.47 Å². The summed E-state index contributed by atoms with van der Waals surface area (Å²) in [6, 6.07) is 0.260. The third-order valence-corrected chi connectivity index (χ3v) is 10.9. The quantitative estimate of drug-likeness (QED) is 0.495. The summed E-state index contributed by atoms with van der Waals surface area (Å²) in [4.78, 5) is 40.5. The maximum Gasteiger partial charge on any atom is 0.303 e. The molecule has 2 spiro atoms.